The number of sulfone groups is 1. The van der Waals surface area contributed by atoms with Gasteiger partial charge < -0.3 is 0 Å². The van der Waals surface area contributed by atoms with Crippen LogP contribution in [0.5, 0.6) is 0 Å². The molecular formula is C16H19N3O2S. The van der Waals surface area contributed by atoms with Gasteiger partial charge in [0, 0.05) is 5.92 Å². The Labute approximate surface area is 130 Å². The molecule has 0 unspecified atom stereocenters. The van der Waals surface area contributed by atoms with Gasteiger partial charge in [-0.15, -0.1) is 5.10 Å². The minimum atomic E-state index is -3.42. The van der Waals surface area contributed by atoms with Crippen molar-refractivity contribution in [1.82, 2.24) is 14.8 Å². The van der Waals surface area contributed by atoms with Gasteiger partial charge >= 0.3 is 0 Å². The Morgan fingerprint density at radius 1 is 1.23 bits per heavy atom. The fourth-order valence-electron chi connectivity index (χ4n) is 3.15. The van der Waals surface area contributed by atoms with Crippen LogP contribution in [0.2, 0.25) is 0 Å². The van der Waals surface area contributed by atoms with Crippen molar-refractivity contribution in [3.8, 4) is 0 Å². The van der Waals surface area contributed by atoms with Crippen LogP contribution in [-0.4, -0.2) is 27.9 Å². The van der Waals surface area contributed by atoms with Gasteiger partial charge in [-0.2, -0.15) is 0 Å². The third kappa shape index (κ3) is 1.86. The number of rotatable bonds is 3. The first-order valence-corrected chi connectivity index (χ1v) is 9.17. The molecule has 2 atom stereocenters. The first kappa shape index (κ1) is 13.9. The molecule has 1 aromatic heterocycles. The Morgan fingerprint density at radius 2 is 1.91 bits per heavy atom. The molecule has 1 aliphatic carbocycles. The fraction of sp³-hybridized carbons (Fsp3) is 0.500. The maximum atomic E-state index is 12.6. The highest BCUT2D eigenvalue weighted by Crippen LogP contribution is 2.46. The van der Waals surface area contributed by atoms with Gasteiger partial charge in [0.25, 0.3) is 5.16 Å². The Hall–Kier alpha value is -1.69. The van der Waals surface area contributed by atoms with Crippen LogP contribution < -0.4 is 0 Å². The van der Waals surface area contributed by atoms with Crippen LogP contribution >= 0.6 is 0 Å². The molecule has 0 spiro atoms. The maximum Gasteiger partial charge on any atom is 0.267 e. The highest BCUT2D eigenvalue weighted by atomic mass is 32.2. The molecule has 5 nitrogen and oxygen atoms in total. The van der Waals surface area contributed by atoms with Crippen LogP contribution in [0, 0.1) is 0 Å². The van der Waals surface area contributed by atoms with Gasteiger partial charge in [0.2, 0.25) is 9.84 Å². The molecule has 0 N–H and O–H groups in total. The summed E-state index contributed by atoms with van der Waals surface area (Å²) in [7, 11) is -3.42. The second kappa shape index (κ2) is 4.41. The summed E-state index contributed by atoms with van der Waals surface area (Å²) in [6, 6.07) is 10.2. The van der Waals surface area contributed by atoms with Crippen molar-refractivity contribution >= 4 is 9.84 Å². The number of hydrogen-bond acceptors (Lipinski definition) is 4. The fourth-order valence-corrected chi connectivity index (χ4v) is 4.64. The Bertz CT molecular complexity index is 822. The van der Waals surface area contributed by atoms with E-state index < -0.39 is 14.6 Å². The van der Waals surface area contributed by atoms with Crippen molar-refractivity contribution in [2.75, 3.05) is 0 Å². The molecule has 0 bridgehead atoms. The van der Waals surface area contributed by atoms with E-state index in [9.17, 15) is 8.42 Å². The van der Waals surface area contributed by atoms with Gasteiger partial charge in [0.05, 0.1) is 10.8 Å². The first-order valence-electron chi connectivity index (χ1n) is 7.68. The van der Waals surface area contributed by atoms with E-state index in [1.165, 1.54) is 0 Å². The molecule has 6 heteroatoms. The van der Waals surface area contributed by atoms with Crippen LogP contribution in [0.1, 0.15) is 56.5 Å². The summed E-state index contributed by atoms with van der Waals surface area (Å²) in [6.45, 7) is 3.87. The summed E-state index contributed by atoms with van der Waals surface area (Å²) in [6.07, 6.45) is 2.32. The van der Waals surface area contributed by atoms with Gasteiger partial charge in [0.1, 0.15) is 5.82 Å². The number of aromatic nitrogens is 3. The van der Waals surface area contributed by atoms with E-state index in [1.54, 1.807) is 6.92 Å². The topological polar surface area (TPSA) is 64.8 Å². The Kier molecular flexibility index (Phi) is 2.79. The van der Waals surface area contributed by atoms with E-state index >= 15 is 0 Å². The molecule has 0 saturated heterocycles. The minimum Gasteiger partial charge on any atom is -0.241 e. The van der Waals surface area contributed by atoms with E-state index in [0.29, 0.717) is 12.8 Å². The quantitative estimate of drug-likeness (QED) is 0.873. The second-order valence-electron chi connectivity index (χ2n) is 6.71. The summed E-state index contributed by atoms with van der Waals surface area (Å²) < 4.78 is 26.4. The minimum absolute atomic E-state index is 0.00924. The molecule has 116 valence electrons. The van der Waals surface area contributed by atoms with Crippen LogP contribution in [0.3, 0.4) is 0 Å². The Balaban J connectivity index is 1.79. The smallest absolute Gasteiger partial charge is 0.241 e. The number of fused-ring (bicyclic) bond motifs is 1. The largest absolute Gasteiger partial charge is 0.267 e. The molecule has 1 fully saturated rings. The molecule has 0 amide bonds. The van der Waals surface area contributed by atoms with Gasteiger partial charge in [-0.3, -0.25) is 0 Å². The zero-order chi connectivity index (χ0) is 15.5. The predicted octanol–water partition coefficient (Wildman–Crippen LogP) is 2.70. The lowest BCUT2D eigenvalue weighted by atomic mass is 10.0. The van der Waals surface area contributed by atoms with Crippen LogP contribution in [0.25, 0.3) is 0 Å². The third-order valence-corrected chi connectivity index (χ3v) is 7.34. The molecule has 1 aromatic carbocycles. The summed E-state index contributed by atoms with van der Waals surface area (Å²) in [5, 5.41) is 4.40. The first-order chi connectivity index (χ1) is 10.4. The lowest BCUT2D eigenvalue weighted by Gasteiger charge is -2.12. The van der Waals surface area contributed by atoms with Crippen molar-refractivity contribution in [3.63, 3.8) is 0 Å². The zero-order valence-electron chi connectivity index (χ0n) is 12.7. The third-order valence-electron chi connectivity index (χ3n) is 4.98. The summed E-state index contributed by atoms with van der Waals surface area (Å²) in [5.74, 6) is 1.00. The Morgan fingerprint density at radius 3 is 2.55 bits per heavy atom. The maximum absolute atomic E-state index is 12.6. The summed E-state index contributed by atoms with van der Waals surface area (Å²) in [4.78, 5) is 4.39. The molecule has 22 heavy (non-hydrogen) atoms. The van der Waals surface area contributed by atoms with Crippen LogP contribution in [0.4, 0.5) is 0 Å². The lowest BCUT2D eigenvalue weighted by Crippen LogP contribution is -2.21. The van der Waals surface area contributed by atoms with E-state index in [-0.39, 0.29) is 17.1 Å². The summed E-state index contributed by atoms with van der Waals surface area (Å²) in [5.41, 5.74) is 1.15. The lowest BCUT2D eigenvalue weighted by molar-refractivity contribution is 0.520. The molecular weight excluding hydrogens is 298 g/mol. The zero-order valence-corrected chi connectivity index (χ0v) is 13.5. The van der Waals surface area contributed by atoms with Crippen molar-refractivity contribution in [3.05, 3.63) is 41.7 Å². The monoisotopic (exact) mass is 317 g/mol. The van der Waals surface area contributed by atoms with Crippen molar-refractivity contribution in [2.45, 2.75) is 55.0 Å². The molecule has 0 radical (unpaired) electrons. The van der Waals surface area contributed by atoms with Gasteiger partial charge in [-0.1, -0.05) is 37.3 Å². The van der Waals surface area contributed by atoms with E-state index in [4.69, 9.17) is 0 Å². The highest BCUT2D eigenvalue weighted by molar-refractivity contribution is 7.92. The molecule has 2 aliphatic rings. The van der Waals surface area contributed by atoms with E-state index in [2.05, 4.69) is 29.1 Å². The molecule has 2 aromatic rings. The molecule has 4 rings (SSSR count). The predicted molar refractivity (Wildman–Crippen MR) is 82.5 cm³/mol. The van der Waals surface area contributed by atoms with Gasteiger partial charge in [-0.25, -0.2) is 18.1 Å². The van der Waals surface area contributed by atoms with Gasteiger partial charge in [0.15, 0.2) is 0 Å². The van der Waals surface area contributed by atoms with Crippen LogP contribution in [-0.2, 0) is 9.84 Å². The van der Waals surface area contributed by atoms with Crippen molar-refractivity contribution in [1.29, 1.82) is 0 Å². The SMILES string of the molecule is C[C@H]1C[C@@H](c2ccccc2)n2nc(S(=O)(=O)C3(C)CC3)nc21. The van der Waals surface area contributed by atoms with Gasteiger partial charge in [-0.05, 0) is 31.7 Å². The number of benzene rings is 1. The van der Waals surface area contributed by atoms with E-state index in [1.807, 2.05) is 22.9 Å². The summed E-state index contributed by atoms with van der Waals surface area (Å²) >= 11 is 0. The van der Waals surface area contributed by atoms with Crippen LogP contribution in [0.15, 0.2) is 35.5 Å². The van der Waals surface area contributed by atoms with E-state index in [0.717, 1.165) is 17.8 Å². The second-order valence-corrected chi connectivity index (χ2v) is 9.07. The highest BCUT2D eigenvalue weighted by Gasteiger charge is 2.53. The number of hydrogen-bond donors (Lipinski definition) is 0. The normalized spacial score (nSPS) is 25.9. The molecule has 1 saturated carbocycles. The van der Waals surface area contributed by atoms with Crippen molar-refractivity contribution in [2.24, 2.45) is 0 Å². The van der Waals surface area contributed by atoms with Crippen molar-refractivity contribution < 1.29 is 8.42 Å². The standard InChI is InChI=1S/C16H19N3O2S/c1-11-10-13(12-6-4-3-5-7-12)19-14(11)17-15(18-19)22(20,21)16(2)8-9-16/h3-7,11,13H,8-10H2,1-2H3/t11-,13-/m0/s1. The number of nitrogens with zero attached hydrogens (tertiary/aromatic N) is 3. The average molecular weight is 317 g/mol. The molecule has 2 heterocycles. The molecule has 1 aliphatic heterocycles. The average Bonchev–Trinajstić information content (AvgIpc) is 2.99.